The Balaban J connectivity index is 1.04. The topological polar surface area (TPSA) is 134 Å². The van der Waals surface area contributed by atoms with E-state index in [9.17, 15) is 19.2 Å². The molecular formula is C36H41N5O5. The van der Waals surface area contributed by atoms with Gasteiger partial charge in [-0.1, -0.05) is 25.1 Å². The van der Waals surface area contributed by atoms with E-state index in [0.717, 1.165) is 54.5 Å². The lowest BCUT2D eigenvalue weighted by Gasteiger charge is -2.29. The van der Waals surface area contributed by atoms with Crippen LogP contribution in [0.1, 0.15) is 76.4 Å². The molecule has 3 aliphatic rings. The second-order valence-corrected chi connectivity index (χ2v) is 12.6. The van der Waals surface area contributed by atoms with Crippen molar-refractivity contribution in [2.75, 3.05) is 30.3 Å². The Morgan fingerprint density at radius 1 is 1.04 bits per heavy atom. The summed E-state index contributed by atoms with van der Waals surface area (Å²) in [6.07, 6.45) is 5.03. The smallest absolute Gasteiger partial charge is 0.262 e. The number of hydrogen-bond acceptors (Lipinski definition) is 6. The second kappa shape index (κ2) is 13.7. The quantitative estimate of drug-likeness (QED) is 0.283. The van der Waals surface area contributed by atoms with E-state index >= 15 is 0 Å². The number of anilines is 2. The van der Waals surface area contributed by atoms with Crippen LogP contribution in [0.5, 0.6) is 5.75 Å². The summed E-state index contributed by atoms with van der Waals surface area (Å²) in [4.78, 5) is 54.7. The van der Waals surface area contributed by atoms with Crippen LogP contribution in [-0.4, -0.2) is 59.2 Å². The fourth-order valence-electron chi connectivity index (χ4n) is 6.01. The van der Waals surface area contributed by atoms with Gasteiger partial charge in [-0.05, 0) is 104 Å². The average molecular weight is 624 g/mol. The minimum Gasteiger partial charge on any atom is -0.482 e. The molecule has 0 bridgehead atoms. The van der Waals surface area contributed by atoms with E-state index < -0.39 is 0 Å². The summed E-state index contributed by atoms with van der Waals surface area (Å²) < 4.78 is 5.50. The molecule has 1 atom stereocenters. The highest BCUT2D eigenvalue weighted by Crippen LogP contribution is 2.33. The largest absolute Gasteiger partial charge is 0.482 e. The van der Waals surface area contributed by atoms with Gasteiger partial charge >= 0.3 is 0 Å². The number of ether oxygens (including phenoxy) is 1. The van der Waals surface area contributed by atoms with Gasteiger partial charge in [0.25, 0.3) is 17.7 Å². The maximum Gasteiger partial charge on any atom is 0.262 e. The molecule has 240 valence electrons. The molecule has 4 N–H and O–H groups in total. The minimum atomic E-state index is -0.216. The lowest BCUT2D eigenvalue weighted by atomic mass is 9.98. The van der Waals surface area contributed by atoms with Crippen LogP contribution in [0.25, 0.3) is 0 Å². The molecule has 0 unspecified atom stereocenters. The van der Waals surface area contributed by atoms with E-state index in [2.05, 4.69) is 17.6 Å². The van der Waals surface area contributed by atoms with Gasteiger partial charge in [0.05, 0.1) is 5.69 Å². The van der Waals surface area contributed by atoms with Gasteiger partial charge in [0.15, 0.2) is 6.61 Å². The van der Waals surface area contributed by atoms with Crippen LogP contribution >= 0.6 is 0 Å². The fourth-order valence-corrected chi connectivity index (χ4v) is 6.01. The Labute approximate surface area is 269 Å². The number of carbonyl (C=O) groups is 4. The maximum absolute atomic E-state index is 13.5. The van der Waals surface area contributed by atoms with E-state index in [1.165, 1.54) is 0 Å². The van der Waals surface area contributed by atoms with Gasteiger partial charge in [-0.15, -0.1) is 0 Å². The molecule has 3 aromatic rings. The first-order valence-corrected chi connectivity index (χ1v) is 16.1. The Bertz CT molecular complexity index is 1630. The van der Waals surface area contributed by atoms with Gasteiger partial charge in [-0.3, -0.25) is 19.2 Å². The molecule has 10 nitrogen and oxygen atoms in total. The number of hydrogen-bond donors (Lipinski definition) is 3. The first-order chi connectivity index (χ1) is 22.3. The van der Waals surface area contributed by atoms with Crippen molar-refractivity contribution < 1.29 is 23.9 Å². The number of benzene rings is 3. The Morgan fingerprint density at radius 2 is 1.83 bits per heavy atom. The Morgan fingerprint density at radius 3 is 2.59 bits per heavy atom. The summed E-state index contributed by atoms with van der Waals surface area (Å²) >= 11 is 0. The molecule has 6 rings (SSSR count). The third-order valence-electron chi connectivity index (χ3n) is 9.00. The molecule has 0 saturated heterocycles. The maximum atomic E-state index is 13.5. The summed E-state index contributed by atoms with van der Waals surface area (Å²) in [6.45, 7) is 4.39. The highest BCUT2D eigenvalue weighted by Gasteiger charge is 2.33. The molecule has 2 aliphatic heterocycles. The van der Waals surface area contributed by atoms with E-state index in [0.29, 0.717) is 61.1 Å². The SMILES string of the molecule is C[C@H](CN)CCCC(=O)N1CCc2cc(NC(=O)c3ccc(CN(C(=O)c4ccc5c(c4)OCC(=O)N5)C4CC4)cc3)ccc2C1. The zero-order valence-corrected chi connectivity index (χ0v) is 26.2. The monoisotopic (exact) mass is 623 g/mol. The van der Waals surface area contributed by atoms with E-state index in [1.54, 1.807) is 30.3 Å². The van der Waals surface area contributed by atoms with Gasteiger partial charge in [0.2, 0.25) is 5.91 Å². The van der Waals surface area contributed by atoms with Crippen LogP contribution in [0.4, 0.5) is 11.4 Å². The summed E-state index contributed by atoms with van der Waals surface area (Å²) in [7, 11) is 0. The van der Waals surface area contributed by atoms with Crippen molar-refractivity contribution >= 4 is 35.0 Å². The zero-order chi connectivity index (χ0) is 32.2. The predicted molar refractivity (Wildman–Crippen MR) is 175 cm³/mol. The number of nitrogens with zero attached hydrogens (tertiary/aromatic N) is 2. The van der Waals surface area contributed by atoms with Gasteiger partial charge in [0, 0.05) is 48.9 Å². The van der Waals surface area contributed by atoms with Crippen molar-refractivity contribution in [3.05, 3.63) is 88.5 Å². The molecule has 1 aliphatic carbocycles. The minimum absolute atomic E-state index is 0.0691. The highest BCUT2D eigenvalue weighted by atomic mass is 16.5. The summed E-state index contributed by atoms with van der Waals surface area (Å²) in [5.74, 6) is 0.598. The molecule has 3 aromatic carbocycles. The Hall–Kier alpha value is -4.70. The number of rotatable bonds is 11. The first-order valence-electron chi connectivity index (χ1n) is 16.1. The van der Waals surface area contributed by atoms with Crippen LogP contribution in [0, 0.1) is 5.92 Å². The molecule has 1 fully saturated rings. The molecule has 46 heavy (non-hydrogen) atoms. The number of carbonyl (C=O) groups excluding carboxylic acids is 4. The summed E-state index contributed by atoms with van der Waals surface area (Å²) in [5.41, 5.74) is 11.2. The second-order valence-electron chi connectivity index (χ2n) is 12.6. The van der Waals surface area contributed by atoms with Crippen molar-refractivity contribution in [2.45, 2.75) is 64.6 Å². The molecule has 10 heteroatoms. The molecule has 0 aromatic heterocycles. The lowest BCUT2D eigenvalue weighted by molar-refractivity contribution is -0.132. The molecule has 1 saturated carbocycles. The van der Waals surface area contributed by atoms with Crippen LogP contribution in [0.15, 0.2) is 60.7 Å². The number of fused-ring (bicyclic) bond motifs is 2. The number of nitrogens with one attached hydrogen (secondary N) is 2. The fraction of sp³-hybridized carbons (Fsp3) is 0.389. The van der Waals surface area contributed by atoms with Crippen molar-refractivity contribution in [1.82, 2.24) is 9.80 Å². The third-order valence-corrected chi connectivity index (χ3v) is 9.00. The van der Waals surface area contributed by atoms with Gasteiger partial charge < -0.3 is 30.9 Å². The van der Waals surface area contributed by atoms with Gasteiger partial charge in [0.1, 0.15) is 5.75 Å². The zero-order valence-electron chi connectivity index (χ0n) is 26.2. The van der Waals surface area contributed by atoms with E-state index in [-0.39, 0.29) is 36.3 Å². The van der Waals surface area contributed by atoms with E-state index in [4.69, 9.17) is 10.5 Å². The van der Waals surface area contributed by atoms with Crippen LogP contribution in [0.2, 0.25) is 0 Å². The summed E-state index contributed by atoms with van der Waals surface area (Å²) in [5, 5.41) is 5.76. The van der Waals surface area contributed by atoms with Gasteiger partial charge in [-0.2, -0.15) is 0 Å². The first kappa shape index (κ1) is 31.3. The third kappa shape index (κ3) is 7.39. The van der Waals surface area contributed by atoms with Crippen molar-refractivity contribution in [3.8, 4) is 5.75 Å². The van der Waals surface area contributed by atoms with Crippen molar-refractivity contribution in [2.24, 2.45) is 11.7 Å². The highest BCUT2D eigenvalue weighted by molar-refractivity contribution is 6.04. The molecule has 4 amide bonds. The van der Waals surface area contributed by atoms with Crippen LogP contribution in [-0.2, 0) is 29.1 Å². The van der Waals surface area contributed by atoms with Gasteiger partial charge in [-0.25, -0.2) is 0 Å². The molecule has 0 radical (unpaired) electrons. The molecule has 0 spiro atoms. The average Bonchev–Trinajstić information content (AvgIpc) is 3.92. The molecule has 2 heterocycles. The number of amides is 4. The van der Waals surface area contributed by atoms with Crippen molar-refractivity contribution in [1.29, 1.82) is 0 Å². The summed E-state index contributed by atoms with van der Waals surface area (Å²) in [6, 6.07) is 18.5. The lowest BCUT2D eigenvalue weighted by Crippen LogP contribution is -2.35. The Kier molecular flexibility index (Phi) is 9.35. The van der Waals surface area contributed by atoms with Crippen LogP contribution in [0.3, 0.4) is 0 Å². The predicted octanol–water partition coefficient (Wildman–Crippen LogP) is 4.72. The van der Waals surface area contributed by atoms with Crippen molar-refractivity contribution in [3.63, 3.8) is 0 Å². The number of nitrogens with two attached hydrogens (primary N) is 1. The van der Waals surface area contributed by atoms with E-state index in [1.807, 2.05) is 40.1 Å². The standard InChI is InChI=1S/C36H41N5O5/c1-23(19-37)3-2-4-34(43)40-16-15-26-17-29(11-9-28(26)21-40)38-35(44)25-7-5-24(6-8-25)20-41(30-12-13-30)36(45)27-10-14-31-32(18-27)46-22-33(42)39-31/h5-11,14,17-18,23,30H,2-4,12-13,15-16,19-22,37H2,1H3,(H,38,44)(H,39,42)/t23-/m0/s1. The normalized spacial score (nSPS) is 16.0. The van der Waals surface area contributed by atoms with Crippen LogP contribution < -0.4 is 21.1 Å². The molecular weight excluding hydrogens is 582 g/mol.